The van der Waals surface area contributed by atoms with Gasteiger partial charge in [0.15, 0.2) is 5.96 Å². The molecule has 0 aliphatic heterocycles. The van der Waals surface area contributed by atoms with Gasteiger partial charge in [0.25, 0.3) is 0 Å². The highest BCUT2D eigenvalue weighted by Crippen LogP contribution is 2.14. The first-order valence-corrected chi connectivity index (χ1v) is 7.74. The molecule has 1 atom stereocenters. The summed E-state index contributed by atoms with van der Waals surface area (Å²) in [6, 6.07) is 4.25. The average Bonchev–Trinajstić information content (AvgIpc) is 2.89. The van der Waals surface area contributed by atoms with Crippen molar-refractivity contribution in [1.82, 2.24) is 5.32 Å². The van der Waals surface area contributed by atoms with Gasteiger partial charge < -0.3 is 15.8 Å². The molecule has 0 aliphatic rings. The van der Waals surface area contributed by atoms with Crippen molar-refractivity contribution >= 4 is 17.3 Å². The predicted molar refractivity (Wildman–Crippen MR) is 82.8 cm³/mol. The van der Waals surface area contributed by atoms with Crippen molar-refractivity contribution in [3.63, 3.8) is 0 Å². The molecule has 1 rings (SSSR count). The molecule has 3 N–H and O–H groups in total. The number of ether oxygens (including phenoxy) is 1. The maximum absolute atomic E-state index is 5.81. The average molecular weight is 283 g/mol. The Morgan fingerprint density at radius 1 is 1.58 bits per heavy atom. The largest absolute Gasteiger partial charge is 0.382 e. The van der Waals surface area contributed by atoms with Crippen molar-refractivity contribution < 1.29 is 4.74 Å². The van der Waals surface area contributed by atoms with Gasteiger partial charge in [-0.1, -0.05) is 13.0 Å². The van der Waals surface area contributed by atoms with Crippen molar-refractivity contribution in [2.24, 2.45) is 16.6 Å². The van der Waals surface area contributed by atoms with Gasteiger partial charge in [0.1, 0.15) is 0 Å². The van der Waals surface area contributed by atoms with Crippen LogP contribution in [-0.4, -0.2) is 32.3 Å². The smallest absolute Gasteiger partial charge is 0.188 e. The normalized spacial score (nSPS) is 13.5. The van der Waals surface area contributed by atoms with Crippen LogP contribution in [0.3, 0.4) is 0 Å². The number of hydrogen-bond acceptors (Lipinski definition) is 3. The summed E-state index contributed by atoms with van der Waals surface area (Å²) in [5, 5.41) is 5.22. The SMILES string of the molecule is CCOCCCNC(N)=NCC(C)Cc1cccs1. The summed E-state index contributed by atoms with van der Waals surface area (Å²) >= 11 is 1.80. The van der Waals surface area contributed by atoms with E-state index in [2.05, 4.69) is 34.7 Å². The summed E-state index contributed by atoms with van der Waals surface area (Å²) in [6.45, 7) is 7.32. The minimum atomic E-state index is 0.516. The topological polar surface area (TPSA) is 59.6 Å². The molecular weight excluding hydrogens is 258 g/mol. The van der Waals surface area contributed by atoms with Gasteiger partial charge in [-0.2, -0.15) is 0 Å². The fourth-order valence-electron chi connectivity index (χ4n) is 1.68. The Morgan fingerprint density at radius 3 is 3.11 bits per heavy atom. The number of nitrogens with zero attached hydrogens (tertiary/aromatic N) is 1. The maximum atomic E-state index is 5.81. The van der Waals surface area contributed by atoms with Crippen LogP contribution in [0.1, 0.15) is 25.1 Å². The van der Waals surface area contributed by atoms with Crippen LogP contribution >= 0.6 is 11.3 Å². The van der Waals surface area contributed by atoms with Crippen LogP contribution in [0.2, 0.25) is 0 Å². The van der Waals surface area contributed by atoms with Crippen LogP contribution in [0.4, 0.5) is 0 Å². The zero-order valence-corrected chi connectivity index (χ0v) is 12.7. The summed E-state index contributed by atoms with van der Waals surface area (Å²) in [6.07, 6.45) is 2.02. The summed E-state index contributed by atoms with van der Waals surface area (Å²) in [7, 11) is 0. The molecule has 0 saturated heterocycles. The molecule has 108 valence electrons. The van der Waals surface area contributed by atoms with E-state index >= 15 is 0 Å². The van der Waals surface area contributed by atoms with E-state index in [0.29, 0.717) is 11.9 Å². The Morgan fingerprint density at radius 2 is 2.42 bits per heavy atom. The number of nitrogens with one attached hydrogen (secondary N) is 1. The van der Waals surface area contributed by atoms with E-state index in [-0.39, 0.29) is 0 Å². The maximum Gasteiger partial charge on any atom is 0.188 e. The first-order valence-electron chi connectivity index (χ1n) is 6.86. The van der Waals surface area contributed by atoms with E-state index in [0.717, 1.165) is 39.1 Å². The van der Waals surface area contributed by atoms with E-state index in [4.69, 9.17) is 10.5 Å². The monoisotopic (exact) mass is 283 g/mol. The van der Waals surface area contributed by atoms with Gasteiger partial charge in [0.05, 0.1) is 0 Å². The Balaban J connectivity index is 2.12. The zero-order chi connectivity index (χ0) is 13.9. The minimum absolute atomic E-state index is 0.516. The lowest BCUT2D eigenvalue weighted by Gasteiger charge is -2.09. The van der Waals surface area contributed by atoms with Gasteiger partial charge >= 0.3 is 0 Å². The van der Waals surface area contributed by atoms with Crippen molar-refractivity contribution in [2.45, 2.75) is 26.7 Å². The van der Waals surface area contributed by atoms with E-state index in [1.54, 1.807) is 11.3 Å². The molecule has 0 spiro atoms. The molecule has 1 aromatic rings. The van der Waals surface area contributed by atoms with E-state index in [9.17, 15) is 0 Å². The molecule has 0 aliphatic carbocycles. The van der Waals surface area contributed by atoms with Gasteiger partial charge in [0, 0.05) is 31.2 Å². The first-order chi connectivity index (χ1) is 9.22. The Hall–Kier alpha value is -1.07. The summed E-state index contributed by atoms with van der Waals surface area (Å²) in [5.41, 5.74) is 5.81. The Labute approximate surface area is 120 Å². The van der Waals surface area contributed by atoms with E-state index < -0.39 is 0 Å². The van der Waals surface area contributed by atoms with Crippen LogP contribution < -0.4 is 11.1 Å². The van der Waals surface area contributed by atoms with Crippen LogP contribution in [0.25, 0.3) is 0 Å². The van der Waals surface area contributed by atoms with Gasteiger partial charge in [-0.3, -0.25) is 4.99 Å². The third-order valence-electron chi connectivity index (χ3n) is 2.68. The second-order valence-corrected chi connectivity index (χ2v) is 5.62. The van der Waals surface area contributed by atoms with Gasteiger partial charge in [-0.15, -0.1) is 11.3 Å². The van der Waals surface area contributed by atoms with Gasteiger partial charge in [0.2, 0.25) is 0 Å². The minimum Gasteiger partial charge on any atom is -0.382 e. The second-order valence-electron chi connectivity index (χ2n) is 4.59. The molecule has 1 unspecified atom stereocenters. The standard InChI is InChI=1S/C14H25N3OS/c1-3-18-8-5-7-16-14(15)17-11-12(2)10-13-6-4-9-19-13/h4,6,9,12H,3,5,7-8,10-11H2,1-2H3,(H3,15,16,17). The Kier molecular flexibility index (Phi) is 8.25. The van der Waals surface area contributed by atoms with Crippen molar-refractivity contribution in [1.29, 1.82) is 0 Å². The second kappa shape index (κ2) is 9.81. The number of guanidine groups is 1. The van der Waals surface area contributed by atoms with Gasteiger partial charge in [-0.05, 0) is 37.1 Å². The summed E-state index contributed by atoms with van der Waals surface area (Å²) < 4.78 is 5.25. The highest BCUT2D eigenvalue weighted by molar-refractivity contribution is 7.09. The Bertz CT molecular complexity index is 352. The first kappa shape index (κ1) is 16.0. The molecule has 0 radical (unpaired) electrons. The van der Waals surface area contributed by atoms with Crippen LogP contribution in [0.15, 0.2) is 22.5 Å². The number of aliphatic imine (C=N–C) groups is 1. The lowest BCUT2D eigenvalue weighted by atomic mass is 10.1. The van der Waals surface area contributed by atoms with Crippen molar-refractivity contribution in [3.8, 4) is 0 Å². The highest BCUT2D eigenvalue weighted by Gasteiger charge is 2.04. The predicted octanol–water partition coefficient (Wildman–Crippen LogP) is 2.26. The summed E-state index contributed by atoms with van der Waals surface area (Å²) in [5.74, 6) is 1.05. The number of thiophene rings is 1. The molecule has 5 heteroatoms. The zero-order valence-electron chi connectivity index (χ0n) is 11.9. The summed E-state index contributed by atoms with van der Waals surface area (Å²) in [4.78, 5) is 5.78. The number of nitrogens with two attached hydrogens (primary N) is 1. The lowest BCUT2D eigenvalue weighted by molar-refractivity contribution is 0.145. The number of rotatable bonds is 9. The molecule has 0 amide bonds. The van der Waals surface area contributed by atoms with Crippen molar-refractivity contribution in [3.05, 3.63) is 22.4 Å². The number of hydrogen-bond donors (Lipinski definition) is 2. The molecule has 4 nitrogen and oxygen atoms in total. The lowest BCUT2D eigenvalue weighted by Crippen LogP contribution is -2.33. The van der Waals surface area contributed by atoms with E-state index in [1.165, 1.54) is 4.88 Å². The molecular formula is C14H25N3OS. The molecule has 0 saturated carbocycles. The fourth-order valence-corrected chi connectivity index (χ4v) is 2.55. The van der Waals surface area contributed by atoms with E-state index in [1.807, 2.05) is 6.92 Å². The van der Waals surface area contributed by atoms with Crippen LogP contribution in [-0.2, 0) is 11.2 Å². The molecule has 1 aromatic heterocycles. The highest BCUT2D eigenvalue weighted by atomic mass is 32.1. The molecule has 0 bridgehead atoms. The fraction of sp³-hybridized carbons (Fsp3) is 0.643. The van der Waals surface area contributed by atoms with Crippen LogP contribution in [0, 0.1) is 5.92 Å². The van der Waals surface area contributed by atoms with Gasteiger partial charge in [-0.25, -0.2) is 0 Å². The van der Waals surface area contributed by atoms with Crippen molar-refractivity contribution in [2.75, 3.05) is 26.3 Å². The quantitative estimate of drug-likeness (QED) is 0.415. The molecule has 19 heavy (non-hydrogen) atoms. The molecule has 0 fully saturated rings. The molecule has 1 heterocycles. The van der Waals surface area contributed by atoms with Crippen LogP contribution in [0.5, 0.6) is 0 Å². The third kappa shape index (κ3) is 7.85. The molecule has 0 aromatic carbocycles. The third-order valence-corrected chi connectivity index (χ3v) is 3.58.